The predicted molar refractivity (Wildman–Crippen MR) is 84.7 cm³/mol. The largest absolute Gasteiger partial charge is 0.459 e. The van der Waals surface area contributed by atoms with Crippen LogP contribution in [0.5, 0.6) is 0 Å². The van der Waals surface area contributed by atoms with Gasteiger partial charge in [0, 0.05) is 13.5 Å². The molecule has 0 spiro atoms. The normalized spacial score (nSPS) is 12.2. The molecule has 1 aromatic rings. The van der Waals surface area contributed by atoms with Gasteiger partial charge < -0.3 is 14.3 Å². The fourth-order valence-corrected chi connectivity index (χ4v) is 1.79. The van der Waals surface area contributed by atoms with Crippen LogP contribution in [0.3, 0.4) is 0 Å². The van der Waals surface area contributed by atoms with Crippen molar-refractivity contribution in [3.63, 3.8) is 0 Å². The van der Waals surface area contributed by atoms with Gasteiger partial charge in [-0.2, -0.15) is 0 Å². The minimum absolute atomic E-state index is 0.0805. The highest BCUT2D eigenvalue weighted by atomic mass is 16.6. The molecule has 0 radical (unpaired) electrons. The van der Waals surface area contributed by atoms with E-state index in [2.05, 4.69) is 0 Å². The number of nitrogens with zero attached hydrogens (tertiary/aromatic N) is 1. The fourth-order valence-electron chi connectivity index (χ4n) is 1.79. The van der Waals surface area contributed by atoms with Crippen molar-refractivity contribution in [2.75, 3.05) is 7.05 Å². The van der Waals surface area contributed by atoms with Crippen LogP contribution in [0.25, 0.3) is 0 Å². The molecule has 6 nitrogen and oxygen atoms in total. The van der Waals surface area contributed by atoms with Crippen LogP contribution in [0.4, 0.5) is 4.79 Å². The maximum Gasteiger partial charge on any atom is 0.410 e. The zero-order valence-corrected chi connectivity index (χ0v) is 13.9. The van der Waals surface area contributed by atoms with E-state index in [1.807, 2.05) is 30.3 Å². The molecule has 0 fully saturated rings. The second-order valence-electron chi connectivity index (χ2n) is 6.10. The molecule has 0 bridgehead atoms. The maximum atomic E-state index is 12.2. The first-order valence-electron chi connectivity index (χ1n) is 7.34. The molecule has 1 aromatic carbocycles. The Morgan fingerprint density at radius 3 is 2.35 bits per heavy atom. The molecule has 1 atom stereocenters. The lowest BCUT2D eigenvalue weighted by atomic mass is 10.2. The topological polar surface area (TPSA) is 72.9 Å². The zero-order valence-electron chi connectivity index (χ0n) is 13.9. The number of ether oxygens (including phenoxy) is 2. The molecule has 0 N–H and O–H groups in total. The van der Waals surface area contributed by atoms with Gasteiger partial charge in [-0.1, -0.05) is 30.3 Å². The Labute approximate surface area is 136 Å². The minimum Gasteiger partial charge on any atom is -0.459 e. The molecule has 1 rings (SSSR count). The van der Waals surface area contributed by atoms with Crippen molar-refractivity contribution in [2.45, 2.75) is 45.4 Å². The summed E-state index contributed by atoms with van der Waals surface area (Å²) in [6.07, 6.45) is -0.250. The molecular formula is C17H23NO5. The van der Waals surface area contributed by atoms with Gasteiger partial charge in [0.05, 0.1) is 0 Å². The van der Waals surface area contributed by atoms with Gasteiger partial charge in [-0.3, -0.25) is 4.90 Å². The third-order valence-electron chi connectivity index (χ3n) is 2.96. The molecule has 0 aliphatic heterocycles. The third-order valence-corrected chi connectivity index (χ3v) is 2.96. The second-order valence-corrected chi connectivity index (χ2v) is 6.10. The first-order chi connectivity index (χ1) is 10.7. The van der Waals surface area contributed by atoms with Crippen molar-refractivity contribution in [1.29, 1.82) is 0 Å². The quantitative estimate of drug-likeness (QED) is 0.595. The predicted octanol–water partition coefficient (Wildman–Crippen LogP) is 2.55. The van der Waals surface area contributed by atoms with E-state index in [1.165, 1.54) is 7.05 Å². The highest BCUT2D eigenvalue weighted by Crippen LogP contribution is 2.13. The van der Waals surface area contributed by atoms with Gasteiger partial charge in [0.15, 0.2) is 0 Å². The number of aldehydes is 1. The number of amides is 1. The van der Waals surface area contributed by atoms with E-state index in [0.29, 0.717) is 6.29 Å². The van der Waals surface area contributed by atoms with Crippen molar-refractivity contribution in [2.24, 2.45) is 0 Å². The van der Waals surface area contributed by atoms with Crippen LogP contribution in [0, 0.1) is 0 Å². The van der Waals surface area contributed by atoms with Crippen LogP contribution >= 0.6 is 0 Å². The van der Waals surface area contributed by atoms with Crippen LogP contribution in [0.1, 0.15) is 32.8 Å². The lowest BCUT2D eigenvalue weighted by molar-refractivity contribution is -0.151. The summed E-state index contributed by atoms with van der Waals surface area (Å²) < 4.78 is 10.4. The minimum atomic E-state index is -1.01. The van der Waals surface area contributed by atoms with E-state index in [4.69, 9.17) is 9.47 Å². The van der Waals surface area contributed by atoms with Crippen LogP contribution in [0.2, 0.25) is 0 Å². The lowest BCUT2D eigenvalue weighted by Crippen LogP contribution is -2.45. The summed E-state index contributed by atoms with van der Waals surface area (Å²) >= 11 is 0. The number of esters is 1. The Morgan fingerprint density at radius 1 is 1.22 bits per heavy atom. The molecule has 0 saturated heterocycles. The number of rotatable bonds is 6. The first kappa shape index (κ1) is 18.7. The summed E-state index contributed by atoms with van der Waals surface area (Å²) in [6.45, 7) is 5.25. The van der Waals surface area contributed by atoms with E-state index in [9.17, 15) is 14.4 Å². The Morgan fingerprint density at radius 2 is 1.83 bits per heavy atom. The summed E-state index contributed by atoms with van der Waals surface area (Å²) in [6, 6.07) is 8.15. The number of hydrogen-bond acceptors (Lipinski definition) is 5. The third kappa shape index (κ3) is 6.50. The summed E-state index contributed by atoms with van der Waals surface area (Å²) in [4.78, 5) is 36.1. The van der Waals surface area contributed by atoms with E-state index in [0.717, 1.165) is 10.5 Å². The van der Waals surface area contributed by atoms with Crippen molar-refractivity contribution in [3.05, 3.63) is 35.9 Å². The van der Waals surface area contributed by atoms with Gasteiger partial charge in [0.25, 0.3) is 0 Å². The summed E-state index contributed by atoms with van der Waals surface area (Å²) in [5.74, 6) is -0.644. The smallest absolute Gasteiger partial charge is 0.410 e. The highest BCUT2D eigenvalue weighted by molar-refractivity contribution is 5.83. The Balaban J connectivity index is 2.70. The molecule has 126 valence electrons. The van der Waals surface area contributed by atoms with E-state index >= 15 is 0 Å². The number of likely N-dealkylation sites (N-methyl/N-ethyl adjacent to an activating group) is 1. The molecule has 0 heterocycles. The zero-order chi connectivity index (χ0) is 17.5. The molecule has 0 aromatic heterocycles. The van der Waals surface area contributed by atoms with Gasteiger partial charge in [-0.25, -0.2) is 9.59 Å². The summed E-state index contributed by atoms with van der Waals surface area (Å²) in [5.41, 5.74) is 0.135. The number of carbonyl (C=O) groups excluding carboxylic acids is 3. The van der Waals surface area contributed by atoms with E-state index in [1.54, 1.807) is 20.8 Å². The van der Waals surface area contributed by atoms with Crippen molar-refractivity contribution in [3.8, 4) is 0 Å². The first-order valence-corrected chi connectivity index (χ1v) is 7.34. The van der Waals surface area contributed by atoms with E-state index in [-0.39, 0.29) is 13.0 Å². The molecule has 0 aliphatic carbocycles. The van der Waals surface area contributed by atoms with Crippen LogP contribution < -0.4 is 0 Å². The monoisotopic (exact) mass is 321 g/mol. The average molecular weight is 321 g/mol. The SMILES string of the molecule is CN(C(=O)OC(C)(C)C)C(CC=O)C(=O)OCc1ccccc1. The van der Waals surface area contributed by atoms with Gasteiger partial charge in [-0.05, 0) is 26.3 Å². The fraction of sp³-hybridized carbons (Fsp3) is 0.471. The molecule has 0 aliphatic rings. The molecule has 23 heavy (non-hydrogen) atoms. The van der Waals surface area contributed by atoms with Gasteiger partial charge >= 0.3 is 12.1 Å². The van der Waals surface area contributed by atoms with Crippen molar-refractivity contribution in [1.82, 2.24) is 4.90 Å². The summed E-state index contributed by atoms with van der Waals surface area (Å²) in [5, 5.41) is 0. The molecule has 1 amide bonds. The van der Waals surface area contributed by atoms with E-state index < -0.39 is 23.7 Å². The molecule has 0 saturated carbocycles. The van der Waals surface area contributed by atoms with Gasteiger partial charge in [0.1, 0.15) is 24.5 Å². The van der Waals surface area contributed by atoms with Crippen molar-refractivity contribution < 1.29 is 23.9 Å². The molecular weight excluding hydrogens is 298 g/mol. The molecule has 6 heteroatoms. The molecule has 1 unspecified atom stereocenters. The Hall–Kier alpha value is -2.37. The van der Waals surface area contributed by atoms with Crippen LogP contribution in [0.15, 0.2) is 30.3 Å². The Bertz CT molecular complexity index is 536. The highest BCUT2D eigenvalue weighted by Gasteiger charge is 2.31. The standard InChI is InChI=1S/C17H23NO5/c1-17(2,3)23-16(21)18(4)14(10-11-19)15(20)22-12-13-8-6-5-7-9-13/h5-9,11,14H,10,12H2,1-4H3. The summed E-state index contributed by atoms with van der Waals surface area (Å²) in [7, 11) is 1.41. The van der Waals surface area contributed by atoms with Crippen molar-refractivity contribution >= 4 is 18.3 Å². The van der Waals surface area contributed by atoms with Gasteiger partial charge in [-0.15, -0.1) is 0 Å². The lowest BCUT2D eigenvalue weighted by Gasteiger charge is -2.28. The van der Waals surface area contributed by atoms with Crippen LogP contribution in [-0.2, 0) is 25.7 Å². The second kappa shape index (κ2) is 8.31. The number of benzene rings is 1. The average Bonchev–Trinajstić information content (AvgIpc) is 2.49. The van der Waals surface area contributed by atoms with Crippen LogP contribution in [-0.4, -0.2) is 41.9 Å². The maximum absolute atomic E-state index is 12.2. The number of hydrogen-bond donors (Lipinski definition) is 0. The number of carbonyl (C=O) groups is 3. The van der Waals surface area contributed by atoms with Gasteiger partial charge in [0.2, 0.25) is 0 Å². The Kier molecular flexibility index (Phi) is 6.75.